The molecule has 0 fully saturated rings. The van der Waals surface area contributed by atoms with Crippen molar-refractivity contribution in [3.63, 3.8) is 0 Å². The van der Waals surface area contributed by atoms with Gasteiger partial charge in [-0.05, 0) is 41.8 Å². The fourth-order valence-corrected chi connectivity index (χ4v) is 4.27. The van der Waals surface area contributed by atoms with Gasteiger partial charge in [-0.25, -0.2) is 4.79 Å². The van der Waals surface area contributed by atoms with Gasteiger partial charge in [-0.2, -0.15) is 0 Å². The summed E-state index contributed by atoms with van der Waals surface area (Å²) < 4.78 is 11.3. The first-order chi connectivity index (χ1) is 15.9. The Morgan fingerprint density at radius 3 is 2.33 bits per heavy atom. The molecule has 170 valence electrons. The molecule has 3 aromatic carbocycles. The van der Waals surface area contributed by atoms with Crippen LogP contribution in [0.15, 0.2) is 66.7 Å². The topological polar surface area (TPSA) is 84.9 Å². The van der Waals surface area contributed by atoms with E-state index in [1.54, 1.807) is 18.2 Å². The molecular formula is C27H27NO5. The minimum absolute atomic E-state index is 0.250. The third-order valence-corrected chi connectivity index (χ3v) is 6.02. The lowest BCUT2D eigenvalue weighted by atomic mass is 9.95. The van der Waals surface area contributed by atoms with Crippen molar-refractivity contribution in [2.24, 2.45) is 0 Å². The van der Waals surface area contributed by atoms with Crippen molar-refractivity contribution >= 4 is 11.9 Å². The fraction of sp³-hybridized carbons (Fsp3) is 0.259. The van der Waals surface area contributed by atoms with Crippen molar-refractivity contribution in [2.75, 3.05) is 13.7 Å². The van der Waals surface area contributed by atoms with E-state index >= 15 is 0 Å². The molecule has 2 N–H and O–H groups in total. The van der Waals surface area contributed by atoms with E-state index in [1.807, 2.05) is 49.4 Å². The van der Waals surface area contributed by atoms with Crippen LogP contribution in [-0.2, 0) is 24.1 Å². The molecule has 6 heteroatoms. The van der Waals surface area contributed by atoms with Crippen LogP contribution in [0.3, 0.4) is 0 Å². The van der Waals surface area contributed by atoms with Gasteiger partial charge >= 0.3 is 5.97 Å². The van der Waals surface area contributed by atoms with E-state index in [-0.39, 0.29) is 12.8 Å². The average molecular weight is 446 g/mol. The Morgan fingerprint density at radius 1 is 0.970 bits per heavy atom. The zero-order valence-corrected chi connectivity index (χ0v) is 18.8. The number of hydrogen-bond acceptors (Lipinski definition) is 4. The van der Waals surface area contributed by atoms with Crippen LogP contribution in [0, 0.1) is 6.92 Å². The molecule has 0 atom stereocenters. The monoisotopic (exact) mass is 445 g/mol. The molecule has 1 amide bonds. The van der Waals surface area contributed by atoms with Crippen LogP contribution >= 0.6 is 0 Å². The molecule has 1 aliphatic carbocycles. The Labute approximate surface area is 193 Å². The Morgan fingerprint density at radius 2 is 1.70 bits per heavy atom. The zero-order valence-electron chi connectivity index (χ0n) is 18.8. The van der Waals surface area contributed by atoms with Crippen LogP contribution in [-0.4, -0.2) is 36.2 Å². The van der Waals surface area contributed by atoms with Crippen molar-refractivity contribution in [1.29, 1.82) is 0 Å². The smallest absolute Gasteiger partial charge is 0.330 e. The summed E-state index contributed by atoms with van der Waals surface area (Å²) in [7, 11) is 1.54. The van der Waals surface area contributed by atoms with Crippen LogP contribution < -0.4 is 14.8 Å². The third-order valence-electron chi connectivity index (χ3n) is 6.02. The number of carboxylic acid groups (broad SMARTS) is 1. The molecule has 33 heavy (non-hydrogen) atoms. The van der Waals surface area contributed by atoms with E-state index < -0.39 is 17.4 Å². The molecule has 3 aromatic rings. The second kappa shape index (κ2) is 9.36. The van der Waals surface area contributed by atoms with E-state index in [9.17, 15) is 14.7 Å². The Kier molecular flexibility index (Phi) is 6.36. The number of nitrogens with one attached hydrogen (secondary N) is 1. The molecule has 0 saturated heterocycles. The SMILES string of the molecule is COc1ccc(C(=O)NC2(C(=O)O)Cc3ccccc3C2)cc1OCCc1cccc(C)c1. The molecule has 4 rings (SSSR count). The lowest BCUT2D eigenvalue weighted by Gasteiger charge is -2.25. The molecule has 0 heterocycles. The number of carbonyl (C=O) groups excluding carboxylic acids is 1. The first kappa shape index (κ1) is 22.4. The summed E-state index contributed by atoms with van der Waals surface area (Å²) in [5.41, 5.74) is 3.17. The lowest BCUT2D eigenvalue weighted by molar-refractivity contribution is -0.144. The minimum atomic E-state index is -1.37. The molecule has 0 saturated carbocycles. The zero-order chi connectivity index (χ0) is 23.4. The number of carbonyl (C=O) groups is 2. The van der Waals surface area contributed by atoms with Gasteiger partial charge < -0.3 is 19.9 Å². The number of fused-ring (bicyclic) bond motifs is 1. The van der Waals surface area contributed by atoms with E-state index in [2.05, 4.69) is 11.4 Å². The molecule has 0 radical (unpaired) electrons. The van der Waals surface area contributed by atoms with E-state index in [0.29, 0.717) is 30.1 Å². The molecule has 6 nitrogen and oxygen atoms in total. The highest BCUT2D eigenvalue weighted by molar-refractivity contribution is 5.99. The van der Waals surface area contributed by atoms with Gasteiger partial charge in [0.1, 0.15) is 5.54 Å². The lowest BCUT2D eigenvalue weighted by Crippen LogP contribution is -2.55. The van der Waals surface area contributed by atoms with Gasteiger partial charge in [0.05, 0.1) is 13.7 Å². The van der Waals surface area contributed by atoms with Crippen molar-refractivity contribution in [2.45, 2.75) is 31.7 Å². The first-order valence-electron chi connectivity index (χ1n) is 10.9. The van der Waals surface area contributed by atoms with E-state index in [0.717, 1.165) is 16.7 Å². The number of ether oxygens (including phenoxy) is 2. The third kappa shape index (κ3) is 4.85. The molecule has 0 spiro atoms. The number of amides is 1. The van der Waals surface area contributed by atoms with E-state index in [1.165, 1.54) is 12.7 Å². The number of benzene rings is 3. The van der Waals surface area contributed by atoms with Crippen molar-refractivity contribution in [3.05, 3.63) is 94.5 Å². The van der Waals surface area contributed by atoms with Gasteiger partial charge in [0, 0.05) is 24.8 Å². The maximum Gasteiger partial charge on any atom is 0.330 e. The maximum atomic E-state index is 13.1. The molecular weight excluding hydrogens is 418 g/mol. The van der Waals surface area contributed by atoms with Crippen molar-refractivity contribution < 1.29 is 24.2 Å². The van der Waals surface area contributed by atoms with Crippen molar-refractivity contribution in [3.8, 4) is 11.5 Å². The summed E-state index contributed by atoms with van der Waals surface area (Å²) in [4.78, 5) is 25.2. The summed E-state index contributed by atoms with van der Waals surface area (Å²) in [6.07, 6.45) is 1.21. The number of methoxy groups -OCH3 is 1. The maximum absolute atomic E-state index is 13.1. The highest BCUT2D eigenvalue weighted by atomic mass is 16.5. The predicted molar refractivity (Wildman–Crippen MR) is 125 cm³/mol. The summed E-state index contributed by atoms with van der Waals surface area (Å²) in [5.74, 6) is -0.555. The number of aliphatic carboxylic acids is 1. The second-order valence-electron chi connectivity index (χ2n) is 8.42. The molecule has 0 aromatic heterocycles. The number of aryl methyl sites for hydroxylation is 1. The summed E-state index contributed by atoms with van der Waals surface area (Å²) in [6.45, 7) is 2.46. The van der Waals surface area contributed by atoms with Crippen molar-refractivity contribution in [1.82, 2.24) is 5.32 Å². The predicted octanol–water partition coefficient (Wildman–Crippen LogP) is 3.98. The van der Waals surface area contributed by atoms with Gasteiger partial charge in [-0.15, -0.1) is 0 Å². The molecule has 0 bridgehead atoms. The quantitative estimate of drug-likeness (QED) is 0.548. The Bertz CT molecular complexity index is 1160. The second-order valence-corrected chi connectivity index (χ2v) is 8.42. The van der Waals surface area contributed by atoms with Gasteiger partial charge in [0.2, 0.25) is 0 Å². The fourth-order valence-electron chi connectivity index (χ4n) is 4.27. The van der Waals surface area contributed by atoms with Crippen LogP contribution in [0.25, 0.3) is 0 Å². The number of hydrogen-bond donors (Lipinski definition) is 2. The van der Waals surface area contributed by atoms with Crippen LogP contribution in [0.2, 0.25) is 0 Å². The average Bonchev–Trinajstić information content (AvgIpc) is 3.18. The Hall–Kier alpha value is -3.80. The summed E-state index contributed by atoms with van der Waals surface area (Å²) in [6, 6.07) is 20.6. The highest BCUT2D eigenvalue weighted by Crippen LogP contribution is 2.32. The van der Waals surface area contributed by atoms with E-state index in [4.69, 9.17) is 9.47 Å². The van der Waals surface area contributed by atoms with Gasteiger partial charge in [-0.3, -0.25) is 4.79 Å². The summed E-state index contributed by atoms with van der Waals surface area (Å²) >= 11 is 0. The molecule has 0 aliphatic heterocycles. The van der Waals surface area contributed by atoms with Gasteiger partial charge in [0.25, 0.3) is 5.91 Å². The van der Waals surface area contributed by atoms with Crippen LogP contribution in [0.5, 0.6) is 11.5 Å². The molecule has 0 unspecified atom stereocenters. The number of carboxylic acids is 1. The normalized spacial score (nSPS) is 13.8. The number of rotatable bonds is 8. The molecule has 1 aliphatic rings. The first-order valence-corrected chi connectivity index (χ1v) is 10.9. The summed E-state index contributed by atoms with van der Waals surface area (Å²) in [5, 5.41) is 12.7. The Balaban J connectivity index is 1.49. The largest absolute Gasteiger partial charge is 0.493 e. The highest BCUT2D eigenvalue weighted by Gasteiger charge is 2.45. The van der Waals surface area contributed by atoms with Crippen LogP contribution in [0.1, 0.15) is 32.6 Å². The standard InChI is InChI=1S/C27H27NO5/c1-18-6-5-7-19(14-18)12-13-33-24-15-20(10-11-23(24)32-2)25(29)28-27(26(30)31)16-21-8-3-4-9-22(21)17-27/h3-11,14-15H,12-13,16-17H2,1-2H3,(H,28,29)(H,30,31). The van der Waals surface area contributed by atoms with Gasteiger partial charge in [-0.1, -0.05) is 54.1 Å². The van der Waals surface area contributed by atoms with Gasteiger partial charge in [0.15, 0.2) is 11.5 Å². The minimum Gasteiger partial charge on any atom is -0.493 e. The van der Waals surface area contributed by atoms with Crippen LogP contribution in [0.4, 0.5) is 0 Å².